The van der Waals surface area contributed by atoms with Crippen molar-refractivity contribution in [3.63, 3.8) is 0 Å². The van der Waals surface area contributed by atoms with Gasteiger partial charge in [0.25, 0.3) is 11.8 Å². The molecule has 1 amide bonds. The molecule has 0 aliphatic carbocycles. The van der Waals surface area contributed by atoms with Gasteiger partial charge < -0.3 is 14.6 Å². The van der Waals surface area contributed by atoms with Crippen LogP contribution < -0.4 is 5.32 Å². The molecule has 0 saturated heterocycles. The lowest BCUT2D eigenvalue weighted by molar-refractivity contribution is 0.0949. The summed E-state index contributed by atoms with van der Waals surface area (Å²) in [5, 5.41) is 6.41. The molecule has 3 aromatic rings. The first-order chi connectivity index (χ1) is 11.8. The number of rotatable bonds is 6. The van der Waals surface area contributed by atoms with Crippen molar-refractivity contribution in [2.24, 2.45) is 0 Å². The number of amides is 1. The number of hydrogen-bond acceptors (Lipinski definition) is 8. The molecule has 0 aliphatic rings. The Balaban J connectivity index is 1.60. The second-order valence-corrected chi connectivity index (χ2v) is 4.76. The van der Waals surface area contributed by atoms with Gasteiger partial charge in [0, 0.05) is 37.5 Å². The van der Waals surface area contributed by atoms with Crippen molar-refractivity contribution in [3.05, 3.63) is 54.2 Å². The Morgan fingerprint density at radius 2 is 2.12 bits per heavy atom. The number of hydrogen-bond donors (Lipinski definition) is 1. The number of pyridine rings is 1. The SMILES string of the molecule is COCc1nc(CNC(=O)c2cnc(-c3cccnc3)nc2)no1. The van der Waals surface area contributed by atoms with Crippen LogP contribution in [0.15, 0.2) is 41.4 Å². The highest BCUT2D eigenvalue weighted by molar-refractivity contribution is 5.93. The average molecular weight is 326 g/mol. The van der Waals surface area contributed by atoms with Crippen LogP contribution in [0.25, 0.3) is 11.4 Å². The third-order valence-corrected chi connectivity index (χ3v) is 3.02. The van der Waals surface area contributed by atoms with Crippen molar-refractivity contribution in [1.29, 1.82) is 0 Å². The van der Waals surface area contributed by atoms with Crippen LogP contribution in [0, 0.1) is 0 Å². The summed E-state index contributed by atoms with van der Waals surface area (Å²) in [7, 11) is 1.53. The van der Waals surface area contributed by atoms with E-state index >= 15 is 0 Å². The van der Waals surface area contributed by atoms with Gasteiger partial charge in [-0.25, -0.2) is 9.97 Å². The molecule has 0 radical (unpaired) electrons. The topological polar surface area (TPSA) is 116 Å². The van der Waals surface area contributed by atoms with E-state index < -0.39 is 0 Å². The van der Waals surface area contributed by atoms with Crippen molar-refractivity contribution in [1.82, 2.24) is 30.4 Å². The number of aromatic nitrogens is 5. The molecule has 122 valence electrons. The standard InChI is InChI=1S/C15H14N6O3/c1-23-9-13-20-12(21-24-13)8-19-15(22)11-6-17-14(18-7-11)10-3-2-4-16-5-10/h2-7H,8-9H2,1H3,(H,19,22). The van der Waals surface area contributed by atoms with Crippen LogP contribution in [0.5, 0.6) is 0 Å². The Morgan fingerprint density at radius 3 is 2.83 bits per heavy atom. The van der Waals surface area contributed by atoms with Gasteiger partial charge in [-0.3, -0.25) is 9.78 Å². The van der Waals surface area contributed by atoms with Gasteiger partial charge in [0.15, 0.2) is 11.6 Å². The number of ether oxygens (including phenoxy) is 1. The van der Waals surface area contributed by atoms with Crippen molar-refractivity contribution >= 4 is 5.91 Å². The van der Waals surface area contributed by atoms with Crippen LogP contribution in [-0.2, 0) is 17.9 Å². The van der Waals surface area contributed by atoms with Gasteiger partial charge >= 0.3 is 0 Å². The van der Waals surface area contributed by atoms with Crippen LogP contribution in [0.2, 0.25) is 0 Å². The number of carbonyl (C=O) groups is 1. The lowest BCUT2D eigenvalue weighted by Gasteiger charge is -2.03. The summed E-state index contributed by atoms with van der Waals surface area (Å²) in [6.07, 6.45) is 6.23. The van der Waals surface area contributed by atoms with E-state index in [2.05, 4.69) is 30.4 Å². The summed E-state index contributed by atoms with van der Waals surface area (Å²) in [5.74, 6) is 0.891. The maximum absolute atomic E-state index is 12.1. The highest BCUT2D eigenvalue weighted by Crippen LogP contribution is 2.11. The van der Waals surface area contributed by atoms with Crippen molar-refractivity contribution < 1.29 is 14.1 Å². The quantitative estimate of drug-likeness (QED) is 0.713. The lowest BCUT2D eigenvalue weighted by atomic mass is 10.2. The molecule has 3 rings (SSSR count). The molecule has 9 heteroatoms. The Bertz CT molecular complexity index is 804. The van der Waals surface area contributed by atoms with Gasteiger partial charge in [-0.15, -0.1) is 0 Å². The Hall–Kier alpha value is -3.20. The summed E-state index contributed by atoms with van der Waals surface area (Å²) >= 11 is 0. The third-order valence-electron chi connectivity index (χ3n) is 3.02. The average Bonchev–Trinajstić information content (AvgIpc) is 3.08. The number of carbonyl (C=O) groups excluding carboxylic acids is 1. The van der Waals surface area contributed by atoms with E-state index in [1.165, 1.54) is 19.5 Å². The van der Waals surface area contributed by atoms with Crippen LogP contribution in [0.4, 0.5) is 0 Å². The summed E-state index contributed by atoms with van der Waals surface area (Å²) in [5.41, 5.74) is 1.12. The first-order valence-corrected chi connectivity index (χ1v) is 7.07. The predicted molar refractivity (Wildman–Crippen MR) is 81.4 cm³/mol. The fourth-order valence-corrected chi connectivity index (χ4v) is 1.89. The summed E-state index contributed by atoms with van der Waals surface area (Å²) in [6, 6.07) is 3.64. The third kappa shape index (κ3) is 3.76. The molecule has 0 bridgehead atoms. The fraction of sp³-hybridized carbons (Fsp3) is 0.200. The zero-order chi connectivity index (χ0) is 16.8. The monoisotopic (exact) mass is 326 g/mol. The Morgan fingerprint density at radius 1 is 1.29 bits per heavy atom. The molecule has 0 spiro atoms. The first kappa shape index (κ1) is 15.7. The number of nitrogens with zero attached hydrogens (tertiary/aromatic N) is 5. The van der Waals surface area contributed by atoms with Gasteiger partial charge in [0.2, 0.25) is 0 Å². The largest absolute Gasteiger partial charge is 0.375 e. The minimum atomic E-state index is -0.328. The Kier molecular flexibility index (Phi) is 4.82. The molecule has 0 fully saturated rings. The Labute approximate surface area is 137 Å². The second-order valence-electron chi connectivity index (χ2n) is 4.76. The summed E-state index contributed by atoms with van der Waals surface area (Å²) in [6.45, 7) is 0.362. The molecular formula is C15H14N6O3. The van der Waals surface area contributed by atoms with Gasteiger partial charge in [0.1, 0.15) is 6.61 Å². The smallest absolute Gasteiger partial charge is 0.254 e. The van der Waals surface area contributed by atoms with Gasteiger partial charge in [-0.1, -0.05) is 5.16 Å². The molecule has 0 saturated carbocycles. The van der Waals surface area contributed by atoms with Crippen LogP contribution in [0.3, 0.4) is 0 Å². The normalized spacial score (nSPS) is 10.5. The lowest BCUT2D eigenvalue weighted by Crippen LogP contribution is -2.23. The van der Waals surface area contributed by atoms with E-state index in [0.717, 1.165) is 5.56 Å². The van der Waals surface area contributed by atoms with Crippen LogP contribution in [0.1, 0.15) is 22.1 Å². The van der Waals surface area contributed by atoms with Gasteiger partial charge in [-0.05, 0) is 12.1 Å². The molecule has 0 unspecified atom stereocenters. The highest BCUT2D eigenvalue weighted by atomic mass is 16.5. The van der Waals surface area contributed by atoms with E-state index in [4.69, 9.17) is 9.26 Å². The van der Waals surface area contributed by atoms with Crippen molar-refractivity contribution in [2.45, 2.75) is 13.2 Å². The fourth-order valence-electron chi connectivity index (χ4n) is 1.89. The molecule has 0 atom stereocenters. The van der Waals surface area contributed by atoms with Crippen LogP contribution in [-0.4, -0.2) is 38.1 Å². The van der Waals surface area contributed by atoms with E-state index in [1.807, 2.05) is 6.07 Å². The van der Waals surface area contributed by atoms with Gasteiger partial charge in [0.05, 0.1) is 12.1 Å². The van der Waals surface area contributed by atoms with Crippen LogP contribution >= 0.6 is 0 Å². The first-order valence-electron chi connectivity index (χ1n) is 7.07. The highest BCUT2D eigenvalue weighted by Gasteiger charge is 2.11. The molecule has 0 aromatic carbocycles. The van der Waals surface area contributed by atoms with E-state index in [1.54, 1.807) is 18.5 Å². The summed E-state index contributed by atoms with van der Waals surface area (Å²) < 4.78 is 9.82. The number of methoxy groups -OCH3 is 1. The molecule has 1 N–H and O–H groups in total. The second kappa shape index (κ2) is 7.38. The molecule has 3 heterocycles. The van der Waals surface area contributed by atoms with Gasteiger partial charge in [-0.2, -0.15) is 4.98 Å². The molecule has 24 heavy (non-hydrogen) atoms. The predicted octanol–water partition coefficient (Wildman–Crippen LogP) is 0.998. The van der Waals surface area contributed by atoms with E-state index in [-0.39, 0.29) is 19.1 Å². The molecule has 0 aliphatic heterocycles. The maximum Gasteiger partial charge on any atom is 0.254 e. The van der Waals surface area contributed by atoms with Crippen molar-refractivity contribution in [3.8, 4) is 11.4 Å². The summed E-state index contributed by atoms with van der Waals surface area (Å²) in [4.78, 5) is 28.5. The zero-order valence-corrected chi connectivity index (χ0v) is 12.8. The van der Waals surface area contributed by atoms with E-state index in [0.29, 0.717) is 23.1 Å². The van der Waals surface area contributed by atoms with Crippen molar-refractivity contribution in [2.75, 3.05) is 7.11 Å². The van der Waals surface area contributed by atoms with E-state index in [9.17, 15) is 4.79 Å². The molecule has 3 aromatic heterocycles. The minimum absolute atomic E-state index is 0.135. The minimum Gasteiger partial charge on any atom is -0.375 e. The maximum atomic E-state index is 12.1. The molecule has 9 nitrogen and oxygen atoms in total. The molecular weight excluding hydrogens is 312 g/mol. The zero-order valence-electron chi connectivity index (χ0n) is 12.8. The number of nitrogens with one attached hydrogen (secondary N) is 1.